The average molecular weight is 638 g/mol. The molecule has 4 saturated carbocycles. The molecule has 11 atom stereocenters. The van der Waals surface area contributed by atoms with Crippen molar-refractivity contribution in [1.29, 1.82) is 0 Å². The van der Waals surface area contributed by atoms with E-state index in [0.29, 0.717) is 61.1 Å². The quantitative estimate of drug-likeness (QED) is 0.276. The van der Waals surface area contributed by atoms with Crippen molar-refractivity contribution in [3.05, 3.63) is 0 Å². The Kier molecular flexibility index (Phi) is 9.87. The zero-order valence-electron chi connectivity index (χ0n) is 28.6. The van der Waals surface area contributed by atoms with Gasteiger partial charge in [-0.05, 0) is 128 Å². The van der Waals surface area contributed by atoms with Gasteiger partial charge in [-0.15, -0.1) is 0 Å². The maximum Gasteiger partial charge on any atom is 0.329 e. The minimum Gasteiger partial charge on any atom is -0.393 e. The molecule has 4 aliphatic carbocycles. The largest absolute Gasteiger partial charge is 0.393 e. The smallest absolute Gasteiger partial charge is 0.329 e. The van der Waals surface area contributed by atoms with Gasteiger partial charge >= 0.3 is 16.2 Å². The summed E-state index contributed by atoms with van der Waals surface area (Å²) in [4.78, 5) is 12.7. The normalized spacial score (nSPS) is 42.6. The lowest BCUT2D eigenvalue weighted by Gasteiger charge is -2.64. The number of carbonyl (C=O) groups is 1. The third-order valence-electron chi connectivity index (χ3n) is 14.3. The monoisotopic (exact) mass is 637 g/mol. The van der Waals surface area contributed by atoms with Gasteiger partial charge in [0.1, 0.15) is 0 Å². The van der Waals surface area contributed by atoms with E-state index in [1.807, 2.05) is 0 Å². The Bertz CT molecular complexity index is 1130. The van der Waals surface area contributed by atoms with Gasteiger partial charge in [0.15, 0.2) is 0 Å². The van der Waals surface area contributed by atoms with Crippen LogP contribution >= 0.6 is 0 Å². The van der Waals surface area contributed by atoms with Gasteiger partial charge in [0.25, 0.3) is 0 Å². The first-order valence-electron chi connectivity index (χ1n) is 17.9. The second-order valence-corrected chi connectivity index (χ2v) is 19.0. The zero-order valence-corrected chi connectivity index (χ0v) is 29.5. The first-order chi connectivity index (χ1) is 20.5. The Morgan fingerprint density at radius 2 is 1.59 bits per heavy atom. The second-order valence-electron chi connectivity index (χ2n) is 17.3. The molecule has 254 valence electrons. The molecule has 0 bridgehead atoms. The summed E-state index contributed by atoms with van der Waals surface area (Å²) in [6.07, 6.45) is 10.3. The van der Waals surface area contributed by atoms with Crippen molar-refractivity contribution in [3.8, 4) is 0 Å². The first kappa shape index (κ1) is 34.4. The molecule has 0 radical (unpaired) electrons. The highest BCUT2D eigenvalue weighted by Gasteiger charge is 2.64. The molecule has 0 aromatic carbocycles. The predicted octanol–water partition coefficient (Wildman–Crippen LogP) is 5.94. The minimum absolute atomic E-state index is 0.155. The summed E-state index contributed by atoms with van der Waals surface area (Å²) in [5.74, 6) is 3.43. The number of rotatable bonds is 7. The summed E-state index contributed by atoms with van der Waals surface area (Å²) in [5, 5.41) is 25.3. The van der Waals surface area contributed by atoms with E-state index in [9.17, 15) is 23.4 Å². The van der Waals surface area contributed by atoms with E-state index in [1.165, 1.54) is 10.7 Å². The van der Waals surface area contributed by atoms with Crippen LogP contribution in [0.5, 0.6) is 0 Å². The van der Waals surface area contributed by atoms with Crippen LogP contribution < -0.4 is 10.0 Å². The maximum absolute atomic E-state index is 12.9. The van der Waals surface area contributed by atoms with E-state index < -0.39 is 16.2 Å². The third kappa shape index (κ3) is 6.22. The molecule has 4 N–H and O–H groups in total. The van der Waals surface area contributed by atoms with Crippen LogP contribution in [-0.4, -0.2) is 60.8 Å². The van der Waals surface area contributed by atoms with E-state index >= 15 is 0 Å². The number of aliphatic hydroxyl groups excluding tert-OH is 2. The van der Waals surface area contributed by atoms with E-state index in [1.54, 1.807) is 0 Å². The molecule has 5 fully saturated rings. The number of hydrogen-bond acceptors (Lipinski definition) is 5. The number of fused-ring (bicyclic) bond motifs is 5. The van der Waals surface area contributed by atoms with Crippen molar-refractivity contribution in [1.82, 2.24) is 14.3 Å². The Morgan fingerprint density at radius 1 is 0.955 bits per heavy atom. The fourth-order valence-electron chi connectivity index (χ4n) is 11.7. The number of nitrogens with one attached hydrogen (secondary N) is 2. The van der Waals surface area contributed by atoms with Crippen LogP contribution in [0.2, 0.25) is 0 Å². The van der Waals surface area contributed by atoms with Gasteiger partial charge in [-0.25, -0.2) is 9.52 Å². The molecule has 44 heavy (non-hydrogen) atoms. The first-order valence-corrected chi connectivity index (χ1v) is 19.4. The SMILES string of the molecule is CC[C@@H]1C2C[C@H](O)CC[C@]2(C)[C@H]2CC[C@]3(C)[C@@H]([C@H](C)CCNC(=O)NS(=O)(=O)N4CCC(C(C)(C)C)CC4)CC[C@H]3[C@@H]2[C@@H]1O. The summed E-state index contributed by atoms with van der Waals surface area (Å²) < 4.78 is 29.5. The summed E-state index contributed by atoms with van der Waals surface area (Å²) in [7, 11) is -3.85. The fraction of sp³-hybridized carbons (Fsp3) is 0.971. The number of hydrogen-bond donors (Lipinski definition) is 4. The zero-order chi connectivity index (χ0) is 32.2. The van der Waals surface area contributed by atoms with Crippen molar-refractivity contribution in [2.45, 2.75) is 131 Å². The molecule has 1 unspecified atom stereocenters. The molecule has 0 aromatic heterocycles. The van der Waals surface area contributed by atoms with Crippen molar-refractivity contribution >= 4 is 16.2 Å². The van der Waals surface area contributed by atoms with Crippen molar-refractivity contribution < 1.29 is 23.4 Å². The lowest BCUT2D eigenvalue weighted by molar-refractivity contribution is -0.203. The molecule has 1 saturated heterocycles. The van der Waals surface area contributed by atoms with Crippen LogP contribution in [0.3, 0.4) is 0 Å². The highest BCUT2D eigenvalue weighted by Crippen LogP contribution is 2.69. The number of aliphatic hydroxyl groups is 2. The minimum atomic E-state index is -3.85. The average Bonchev–Trinajstić information content (AvgIpc) is 3.30. The highest BCUT2D eigenvalue weighted by molar-refractivity contribution is 7.87. The van der Waals surface area contributed by atoms with Gasteiger partial charge in [-0.2, -0.15) is 12.7 Å². The van der Waals surface area contributed by atoms with E-state index in [2.05, 4.69) is 58.5 Å². The molecule has 2 amide bonds. The highest BCUT2D eigenvalue weighted by atomic mass is 32.2. The number of urea groups is 1. The maximum atomic E-state index is 12.9. The predicted molar refractivity (Wildman–Crippen MR) is 175 cm³/mol. The third-order valence-corrected chi connectivity index (χ3v) is 15.8. The Labute approximate surface area is 268 Å². The van der Waals surface area contributed by atoms with Crippen LogP contribution in [0.25, 0.3) is 0 Å². The summed E-state index contributed by atoms with van der Waals surface area (Å²) in [5.41, 5.74) is 0.527. The number of piperidine rings is 1. The lowest BCUT2D eigenvalue weighted by Crippen LogP contribution is -2.62. The van der Waals surface area contributed by atoms with Crippen LogP contribution in [0.1, 0.15) is 119 Å². The van der Waals surface area contributed by atoms with Gasteiger partial charge in [0, 0.05) is 19.6 Å². The van der Waals surface area contributed by atoms with Gasteiger partial charge in [0.2, 0.25) is 0 Å². The van der Waals surface area contributed by atoms with E-state index in [4.69, 9.17) is 0 Å². The molecular formula is C35H63N3O5S. The van der Waals surface area contributed by atoms with Crippen molar-refractivity contribution in [3.63, 3.8) is 0 Å². The van der Waals surface area contributed by atoms with Gasteiger partial charge in [-0.3, -0.25) is 0 Å². The fourth-order valence-corrected chi connectivity index (χ4v) is 12.9. The molecular weight excluding hydrogens is 574 g/mol. The number of amides is 2. The second kappa shape index (κ2) is 12.6. The molecule has 8 nitrogen and oxygen atoms in total. The van der Waals surface area contributed by atoms with Crippen LogP contribution in [0.4, 0.5) is 4.79 Å². The molecule has 5 rings (SSSR count). The molecule has 9 heteroatoms. The van der Waals surface area contributed by atoms with Crippen LogP contribution in [-0.2, 0) is 10.2 Å². The van der Waals surface area contributed by atoms with E-state index in [-0.39, 0.29) is 34.4 Å². The summed E-state index contributed by atoms with van der Waals surface area (Å²) in [6, 6.07) is -0.637. The molecule has 1 aliphatic heterocycles. The molecule has 1 heterocycles. The summed E-state index contributed by atoms with van der Waals surface area (Å²) >= 11 is 0. The number of nitrogens with zero attached hydrogens (tertiary/aromatic N) is 1. The molecule has 0 spiro atoms. The lowest BCUT2D eigenvalue weighted by atomic mass is 9.41. The van der Waals surface area contributed by atoms with Gasteiger partial charge in [-0.1, -0.05) is 54.9 Å². The molecule has 5 aliphatic rings. The Hall–Kier alpha value is -0.900. The Balaban J connectivity index is 1.16. The van der Waals surface area contributed by atoms with Crippen LogP contribution in [0, 0.1) is 63.6 Å². The molecule has 0 aromatic rings. The van der Waals surface area contributed by atoms with Gasteiger partial charge in [0.05, 0.1) is 12.2 Å². The number of carbonyl (C=O) groups excluding carboxylic acids is 1. The van der Waals surface area contributed by atoms with Gasteiger partial charge < -0.3 is 15.5 Å². The van der Waals surface area contributed by atoms with Crippen molar-refractivity contribution in [2.75, 3.05) is 19.6 Å². The standard InChI is InChI=1S/C35H63N3O5S/c1-8-25-29-21-24(39)11-16-35(29,7)28-12-17-34(6)26(9-10-27(34)30(28)31(25)40)22(2)13-18-36-32(41)37-44(42,43)38-19-14-23(15-20-38)33(3,4)5/h22-31,39-40H,8-21H2,1-7H3,(H2,36,37,41)/t22-,24-,25-,26-,27+,28+,29?,30+,31-,34-,35-/m1/s1. The Morgan fingerprint density at radius 3 is 2.23 bits per heavy atom. The topological polar surface area (TPSA) is 119 Å². The van der Waals surface area contributed by atoms with Crippen molar-refractivity contribution in [2.24, 2.45) is 63.6 Å². The van der Waals surface area contributed by atoms with Crippen LogP contribution in [0.15, 0.2) is 0 Å². The van der Waals surface area contributed by atoms with E-state index in [0.717, 1.165) is 64.2 Å². The summed E-state index contributed by atoms with van der Waals surface area (Å²) in [6.45, 7) is 17.4.